The van der Waals surface area contributed by atoms with E-state index in [1.54, 1.807) is 4.68 Å². The SMILES string of the molecule is CCCN1CCC(NCCn2cc(C(=O)O)nn2)CC1. The Morgan fingerprint density at radius 1 is 1.45 bits per heavy atom. The van der Waals surface area contributed by atoms with Crippen LogP contribution in [0.4, 0.5) is 0 Å². The van der Waals surface area contributed by atoms with Gasteiger partial charge in [0, 0.05) is 12.6 Å². The van der Waals surface area contributed by atoms with E-state index in [9.17, 15) is 4.79 Å². The lowest BCUT2D eigenvalue weighted by Gasteiger charge is -2.32. The highest BCUT2D eigenvalue weighted by Crippen LogP contribution is 2.10. The predicted molar refractivity (Wildman–Crippen MR) is 74.7 cm³/mol. The summed E-state index contributed by atoms with van der Waals surface area (Å²) in [6, 6.07) is 0.561. The first-order chi connectivity index (χ1) is 9.69. The second-order valence-corrected chi connectivity index (χ2v) is 5.24. The predicted octanol–water partition coefficient (Wildman–Crippen LogP) is 0.440. The number of aromatic carboxylic acids is 1. The third-order valence-electron chi connectivity index (χ3n) is 3.66. The summed E-state index contributed by atoms with van der Waals surface area (Å²) in [5, 5.41) is 19.7. The molecule has 0 atom stereocenters. The van der Waals surface area contributed by atoms with Gasteiger partial charge in [-0.1, -0.05) is 12.1 Å². The molecule has 0 spiro atoms. The van der Waals surface area contributed by atoms with E-state index < -0.39 is 5.97 Å². The van der Waals surface area contributed by atoms with Crippen LogP contribution in [0.3, 0.4) is 0 Å². The van der Waals surface area contributed by atoms with E-state index in [4.69, 9.17) is 5.11 Å². The Bertz CT molecular complexity index is 426. The molecule has 0 amide bonds. The van der Waals surface area contributed by atoms with Gasteiger partial charge >= 0.3 is 5.97 Å². The van der Waals surface area contributed by atoms with Gasteiger partial charge in [0.1, 0.15) is 0 Å². The van der Waals surface area contributed by atoms with E-state index in [1.807, 2.05) is 0 Å². The molecule has 2 heterocycles. The molecule has 1 saturated heterocycles. The molecule has 7 heteroatoms. The maximum absolute atomic E-state index is 10.7. The molecule has 2 rings (SSSR count). The van der Waals surface area contributed by atoms with Gasteiger partial charge in [0.25, 0.3) is 0 Å². The summed E-state index contributed by atoms with van der Waals surface area (Å²) in [5.74, 6) is -1.03. The Hall–Kier alpha value is -1.47. The lowest BCUT2D eigenvalue weighted by molar-refractivity contribution is 0.0690. The normalized spacial score (nSPS) is 17.4. The third-order valence-corrected chi connectivity index (χ3v) is 3.66. The van der Waals surface area contributed by atoms with Crippen molar-refractivity contribution in [2.75, 3.05) is 26.2 Å². The van der Waals surface area contributed by atoms with E-state index in [-0.39, 0.29) is 5.69 Å². The molecule has 1 aliphatic heterocycles. The number of nitrogens with one attached hydrogen (secondary N) is 1. The first kappa shape index (κ1) is 14.9. The summed E-state index contributed by atoms with van der Waals surface area (Å²) >= 11 is 0. The molecule has 1 aromatic rings. The van der Waals surface area contributed by atoms with Crippen molar-refractivity contribution in [1.29, 1.82) is 0 Å². The second-order valence-electron chi connectivity index (χ2n) is 5.24. The summed E-state index contributed by atoms with van der Waals surface area (Å²) in [6.07, 6.45) is 5.04. The molecular formula is C13H23N5O2. The van der Waals surface area contributed by atoms with Crippen molar-refractivity contribution in [3.63, 3.8) is 0 Å². The minimum Gasteiger partial charge on any atom is -0.476 e. The summed E-state index contributed by atoms with van der Waals surface area (Å²) in [7, 11) is 0. The maximum Gasteiger partial charge on any atom is 0.358 e. The number of carboxylic acid groups (broad SMARTS) is 1. The minimum atomic E-state index is -1.03. The number of carboxylic acids is 1. The summed E-state index contributed by atoms with van der Waals surface area (Å²) < 4.78 is 1.57. The summed E-state index contributed by atoms with van der Waals surface area (Å²) in [6.45, 7) is 7.18. The molecule has 7 nitrogen and oxygen atoms in total. The van der Waals surface area contributed by atoms with Gasteiger partial charge in [-0.3, -0.25) is 4.68 Å². The number of piperidine rings is 1. The van der Waals surface area contributed by atoms with Crippen molar-refractivity contribution in [2.24, 2.45) is 0 Å². The molecule has 1 fully saturated rings. The van der Waals surface area contributed by atoms with Gasteiger partial charge in [0.2, 0.25) is 0 Å². The fourth-order valence-electron chi connectivity index (χ4n) is 2.57. The lowest BCUT2D eigenvalue weighted by atomic mass is 10.1. The van der Waals surface area contributed by atoms with Crippen LogP contribution in [0.5, 0.6) is 0 Å². The number of rotatable bonds is 7. The van der Waals surface area contributed by atoms with Crippen LogP contribution < -0.4 is 5.32 Å². The molecule has 1 aromatic heterocycles. The van der Waals surface area contributed by atoms with Crippen molar-refractivity contribution in [2.45, 2.75) is 38.8 Å². The number of carbonyl (C=O) groups is 1. The van der Waals surface area contributed by atoms with Crippen molar-refractivity contribution >= 4 is 5.97 Å². The van der Waals surface area contributed by atoms with Crippen LogP contribution in [0, 0.1) is 0 Å². The van der Waals surface area contributed by atoms with Crippen molar-refractivity contribution in [3.8, 4) is 0 Å². The van der Waals surface area contributed by atoms with Crippen LogP contribution in [0.25, 0.3) is 0 Å². The van der Waals surface area contributed by atoms with Crippen molar-refractivity contribution < 1.29 is 9.90 Å². The largest absolute Gasteiger partial charge is 0.476 e. The topological polar surface area (TPSA) is 83.3 Å². The molecule has 2 N–H and O–H groups in total. The fourth-order valence-corrected chi connectivity index (χ4v) is 2.57. The Balaban J connectivity index is 1.65. The third kappa shape index (κ3) is 4.28. The summed E-state index contributed by atoms with van der Waals surface area (Å²) in [5.41, 5.74) is -0.00197. The van der Waals surface area contributed by atoms with E-state index in [0.717, 1.165) is 19.6 Å². The molecule has 0 aliphatic carbocycles. The van der Waals surface area contributed by atoms with Gasteiger partial charge in [-0.15, -0.1) is 5.10 Å². The van der Waals surface area contributed by atoms with Crippen molar-refractivity contribution in [1.82, 2.24) is 25.2 Å². The monoisotopic (exact) mass is 281 g/mol. The molecule has 1 aliphatic rings. The quantitative estimate of drug-likeness (QED) is 0.754. The first-order valence-corrected chi connectivity index (χ1v) is 7.28. The lowest BCUT2D eigenvalue weighted by Crippen LogP contribution is -2.43. The second kappa shape index (κ2) is 7.35. The van der Waals surface area contributed by atoms with Crippen molar-refractivity contribution in [3.05, 3.63) is 11.9 Å². The standard InChI is InChI=1S/C13H23N5O2/c1-2-6-17-7-3-11(4-8-17)14-5-9-18-10-12(13(19)20)15-16-18/h10-11,14H,2-9H2,1H3,(H,19,20). The number of aromatic nitrogens is 3. The number of hydrogen-bond donors (Lipinski definition) is 2. The Labute approximate surface area is 119 Å². The highest BCUT2D eigenvalue weighted by atomic mass is 16.4. The fraction of sp³-hybridized carbons (Fsp3) is 0.769. The molecule has 0 bridgehead atoms. The number of hydrogen-bond acceptors (Lipinski definition) is 5. The molecule has 0 unspecified atom stereocenters. The van der Waals surface area contributed by atoms with Gasteiger partial charge in [0.15, 0.2) is 5.69 Å². The Morgan fingerprint density at radius 2 is 2.20 bits per heavy atom. The Morgan fingerprint density at radius 3 is 2.80 bits per heavy atom. The highest BCUT2D eigenvalue weighted by Gasteiger charge is 2.17. The maximum atomic E-state index is 10.7. The van der Waals surface area contributed by atoms with E-state index in [2.05, 4.69) is 27.5 Å². The molecule has 0 aromatic carbocycles. The number of nitrogens with zero attached hydrogens (tertiary/aromatic N) is 4. The summed E-state index contributed by atoms with van der Waals surface area (Å²) in [4.78, 5) is 13.2. The smallest absolute Gasteiger partial charge is 0.358 e. The van der Waals surface area contributed by atoms with Crippen LogP contribution in [0.2, 0.25) is 0 Å². The molecular weight excluding hydrogens is 258 g/mol. The van der Waals surface area contributed by atoms with Gasteiger partial charge in [-0.2, -0.15) is 0 Å². The van der Waals surface area contributed by atoms with Crippen LogP contribution >= 0.6 is 0 Å². The van der Waals surface area contributed by atoms with Gasteiger partial charge in [-0.05, 0) is 38.9 Å². The van der Waals surface area contributed by atoms with Gasteiger partial charge < -0.3 is 15.3 Å². The zero-order valence-electron chi connectivity index (χ0n) is 12.0. The highest BCUT2D eigenvalue weighted by molar-refractivity contribution is 5.84. The van der Waals surface area contributed by atoms with Gasteiger partial charge in [-0.25, -0.2) is 4.79 Å². The molecule has 0 saturated carbocycles. The molecule has 0 radical (unpaired) electrons. The van der Waals surface area contributed by atoms with E-state index in [0.29, 0.717) is 12.6 Å². The molecule has 112 valence electrons. The average Bonchev–Trinajstić information content (AvgIpc) is 2.90. The van der Waals surface area contributed by atoms with Crippen LogP contribution in [0.1, 0.15) is 36.7 Å². The van der Waals surface area contributed by atoms with Gasteiger partial charge in [0.05, 0.1) is 12.7 Å². The van der Waals surface area contributed by atoms with E-state index in [1.165, 1.54) is 32.0 Å². The minimum absolute atomic E-state index is 0.00197. The van der Waals surface area contributed by atoms with Crippen LogP contribution in [-0.4, -0.2) is 63.2 Å². The zero-order chi connectivity index (χ0) is 14.4. The molecule has 20 heavy (non-hydrogen) atoms. The van der Waals surface area contributed by atoms with Crippen LogP contribution in [0.15, 0.2) is 6.20 Å². The Kier molecular flexibility index (Phi) is 5.49. The van der Waals surface area contributed by atoms with Crippen LogP contribution in [-0.2, 0) is 6.54 Å². The first-order valence-electron chi connectivity index (χ1n) is 7.28. The van der Waals surface area contributed by atoms with E-state index >= 15 is 0 Å². The zero-order valence-corrected chi connectivity index (χ0v) is 12.0. The average molecular weight is 281 g/mol. The number of likely N-dealkylation sites (tertiary alicyclic amines) is 1.